The van der Waals surface area contributed by atoms with Crippen molar-refractivity contribution >= 4 is 0 Å². The van der Waals surface area contributed by atoms with Crippen LogP contribution in [0.3, 0.4) is 0 Å². The van der Waals surface area contributed by atoms with Gasteiger partial charge >= 0.3 is 0 Å². The minimum atomic E-state index is -0.0484. The largest absolute Gasteiger partial charge is 0.495 e. The number of benzene rings is 1. The highest BCUT2D eigenvalue weighted by atomic mass is 16.5. The van der Waals surface area contributed by atoms with E-state index < -0.39 is 0 Å². The lowest BCUT2D eigenvalue weighted by molar-refractivity contribution is 0.411. The van der Waals surface area contributed by atoms with Crippen LogP contribution >= 0.6 is 0 Å². The molecule has 2 aromatic rings. The maximum atomic E-state index is 6.25. The highest BCUT2D eigenvalue weighted by Gasteiger charge is 2.17. The van der Waals surface area contributed by atoms with Gasteiger partial charge < -0.3 is 10.5 Å². The van der Waals surface area contributed by atoms with Gasteiger partial charge in [-0.15, -0.1) is 0 Å². The number of aryl methyl sites for hydroxylation is 1. The zero-order valence-corrected chi connectivity index (χ0v) is 11.9. The van der Waals surface area contributed by atoms with Crippen LogP contribution < -0.4 is 10.5 Å². The summed E-state index contributed by atoms with van der Waals surface area (Å²) in [6, 6.07) is 6.03. The van der Waals surface area contributed by atoms with E-state index in [2.05, 4.69) is 31.8 Å². The van der Waals surface area contributed by atoms with Gasteiger partial charge in [0.05, 0.1) is 31.0 Å². The standard InChI is InChI=1S/C15H21N3O/c1-10(2)15(16)13-8-17-9-18(13)12-7-11(3)5-6-14(12)19-4/h5-10,15H,16H2,1-4H3. The van der Waals surface area contributed by atoms with Crippen molar-refractivity contribution in [3.63, 3.8) is 0 Å². The van der Waals surface area contributed by atoms with E-state index in [1.165, 1.54) is 5.56 Å². The average Bonchev–Trinajstić information content (AvgIpc) is 2.86. The Morgan fingerprint density at radius 2 is 2.05 bits per heavy atom. The van der Waals surface area contributed by atoms with Gasteiger partial charge in [-0.1, -0.05) is 19.9 Å². The molecule has 19 heavy (non-hydrogen) atoms. The van der Waals surface area contributed by atoms with Crippen LogP contribution in [0.4, 0.5) is 0 Å². The van der Waals surface area contributed by atoms with Crippen molar-refractivity contribution in [1.82, 2.24) is 9.55 Å². The highest BCUT2D eigenvalue weighted by molar-refractivity contribution is 5.50. The van der Waals surface area contributed by atoms with Crippen LogP contribution in [0.5, 0.6) is 5.75 Å². The molecular weight excluding hydrogens is 238 g/mol. The zero-order valence-electron chi connectivity index (χ0n) is 11.9. The normalized spacial score (nSPS) is 12.7. The van der Waals surface area contributed by atoms with Crippen molar-refractivity contribution in [3.8, 4) is 11.4 Å². The molecule has 0 fully saturated rings. The molecule has 4 nitrogen and oxygen atoms in total. The molecule has 1 aromatic carbocycles. The molecule has 0 aliphatic rings. The van der Waals surface area contributed by atoms with Crippen LogP contribution in [-0.4, -0.2) is 16.7 Å². The van der Waals surface area contributed by atoms with Crippen molar-refractivity contribution in [3.05, 3.63) is 42.0 Å². The van der Waals surface area contributed by atoms with Gasteiger partial charge in [-0.2, -0.15) is 0 Å². The number of ether oxygens (including phenoxy) is 1. The molecule has 0 radical (unpaired) electrons. The summed E-state index contributed by atoms with van der Waals surface area (Å²) >= 11 is 0. The van der Waals surface area contributed by atoms with E-state index >= 15 is 0 Å². The summed E-state index contributed by atoms with van der Waals surface area (Å²) < 4.78 is 7.44. The number of rotatable bonds is 4. The van der Waals surface area contributed by atoms with Crippen LogP contribution in [0.25, 0.3) is 5.69 Å². The summed E-state index contributed by atoms with van der Waals surface area (Å²) in [6.45, 7) is 6.27. The van der Waals surface area contributed by atoms with Gasteiger partial charge in [0.1, 0.15) is 5.75 Å². The molecule has 1 atom stereocenters. The Labute approximate surface area is 114 Å². The van der Waals surface area contributed by atoms with E-state index in [-0.39, 0.29) is 6.04 Å². The smallest absolute Gasteiger partial charge is 0.142 e. The lowest BCUT2D eigenvalue weighted by Crippen LogP contribution is -2.20. The second-order valence-corrected chi connectivity index (χ2v) is 5.13. The molecule has 4 heteroatoms. The number of imidazole rings is 1. The van der Waals surface area contributed by atoms with Gasteiger partial charge in [-0.05, 0) is 30.5 Å². The first-order valence-corrected chi connectivity index (χ1v) is 6.47. The Morgan fingerprint density at radius 3 is 2.68 bits per heavy atom. The molecule has 0 aliphatic heterocycles. The van der Waals surface area contributed by atoms with Crippen LogP contribution in [-0.2, 0) is 0 Å². The van der Waals surface area contributed by atoms with Gasteiger partial charge in [0, 0.05) is 6.04 Å². The van der Waals surface area contributed by atoms with Crippen LogP contribution in [0.15, 0.2) is 30.7 Å². The van der Waals surface area contributed by atoms with Gasteiger partial charge in [0.2, 0.25) is 0 Å². The van der Waals surface area contributed by atoms with E-state index in [0.29, 0.717) is 5.92 Å². The molecule has 1 aromatic heterocycles. The Balaban J connectivity index is 2.54. The molecule has 2 N–H and O–H groups in total. The lowest BCUT2D eigenvalue weighted by atomic mass is 10.0. The second kappa shape index (κ2) is 5.45. The van der Waals surface area contributed by atoms with Gasteiger partial charge in [0.15, 0.2) is 0 Å². The number of hydrogen-bond donors (Lipinski definition) is 1. The van der Waals surface area contributed by atoms with Crippen LogP contribution in [0.2, 0.25) is 0 Å². The van der Waals surface area contributed by atoms with Crippen molar-refractivity contribution in [2.45, 2.75) is 26.8 Å². The average molecular weight is 259 g/mol. The van der Waals surface area contributed by atoms with Crippen molar-refractivity contribution < 1.29 is 4.74 Å². The third-order valence-electron chi connectivity index (χ3n) is 3.32. The number of hydrogen-bond acceptors (Lipinski definition) is 3. The predicted octanol–water partition coefficient (Wildman–Crippen LogP) is 2.85. The fourth-order valence-electron chi connectivity index (χ4n) is 2.08. The summed E-state index contributed by atoms with van der Waals surface area (Å²) in [5.41, 5.74) is 9.40. The molecule has 1 heterocycles. The maximum absolute atomic E-state index is 6.25. The van der Waals surface area contributed by atoms with Gasteiger partial charge in [0.25, 0.3) is 0 Å². The van der Waals surface area contributed by atoms with Gasteiger partial charge in [-0.3, -0.25) is 4.57 Å². The molecule has 0 amide bonds. The monoisotopic (exact) mass is 259 g/mol. The molecule has 0 saturated heterocycles. The highest BCUT2D eigenvalue weighted by Crippen LogP contribution is 2.28. The van der Waals surface area contributed by atoms with E-state index in [4.69, 9.17) is 10.5 Å². The Bertz CT molecular complexity index is 560. The summed E-state index contributed by atoms with van der Waals surface area (Å²) in [5, 5.41) is 0. The SMILES string of the molecule is COc1ccc(C)cc1-n1cncc1C(N)C(C)C. The van der Waals surface area contributed by atoms with E-state index in [1.54, 1.807) is 13.4 Å². The van der Waals surface area contributed by atoms with E-state index in [1.807, 2.05) is 22.9 Å². The van der Waals surface area contributed by atoms with Crippen molar-refractivity contribution in [2.24, 2.45) is 11.7 Å². The maximum Gasteiger partial charge on any atom is 0.142 e. The minimum Gasteiger partial charge on any atom is -0.495 e. The molecule has 0 saturated carbocycles. The first kappa shape index (κ1) is 13.6. The molecule has 2 rings (SSSR count). The predicted molar refractivity (Wildman–Crippen MR) is 76.6 cm³/mol. The summed E-state index contributed by atoms with van der Waals surface area (Å²) in [4.78, 5) is 4.23. The number of nitrogens with two attached hydrogens (primary N) is 1. The van der Waals surface area contributed by atoms with E-state index in [9.17, 15) is 0 Å². The molecule has 102 valence electrons. The number of nitrogens with zero attached hydrogens (tertiary/aromatic N) is 2. The Morgan fingerprint density at radius 1 is 1.32 bits per heavy atom. The quantitative estimate of drug-likeness (QED) is 0.918. The van der Waals surface area contributed by atoms with Crippen LogP contribution in [0, 0.1) is 12.8 Å². The second-order valence-electron chi connectivity index (χ2n) is 5.13. The molecule has 1 unspecified atom stereocenters. The number of methoxy groups -OCH3 is 1. The third-order valence-corrected chi connectivity index (χ3v) is 3.32. The summed E-state index contributed by atoms with van der Waals surface area (Å²) in [7, 11) is 1.67. The number of aromatic nitrogens is 2. The fourth-order valence-corrected chi connectivity index (χ4v) is 2.08. The van der Waals surface area contributed by atoms with Crippen LogP contribution in [0.1, 0.15) is 31.1 Å². The zero-order chi connectivity index (χ0) is 14.0. The Hall–Kier alpha value is -1.81. The van der Waals surface area contributed by atoms with Gasteiger partial charge in [-0.25, -0.2) is 4.98 Å². The Kier molecular flexibility index (Phi) is 3.90. The molecule has 0 spiro atoms. The summed E-state index contributed by atoms with van der Waals surface area (Å²) in [6.07, 6.45) is 3.61. The fraction of sp³-hybridized carbons (Fsp3) is 0.400. The molecule has 0 aliphatic carbocycles. The first-order chi connectivity index (χ1) is 9.04. The molecule has 0 bridgehead atoms. The van der Waals surface area contributed by atoms with Crippen molar-refractivity contribution in [1.29, 1.82) is 0 Å². The summed E-state index contributed by atoms with van der Waals surface area (Å²) in [5.74, 6) is 1.17. The lowest BCUT2D eigenvalue weighted by Gasteiger charge is -2.19. The third kappa shape index (κ3) is 2.63. The molecular formula is C15H21N3O. The first-order valence-electron chi connectivity index (χ1n) is 6.47. The van der Waals surface area contributed by atoms with Crippen molar-refractivity contribution in [2.75, 3.05) is 7.11 Å². The van der Waals surface area contributed by atoms with E-state index in [0.717, 1.165) is 17.1 Å². The minimum absolute atomic E-state index is 0.0484. The topological polar surface area (TPSA) is 53.1 Å².